The molecule has 2 aromatic carbocycles. The van der Waals surface area contributed by atoms with Crippen LogP contribution in [0, 0.1) is 0 Å². The van der Waals surface area contributed by atoms with Crippen molar-refractivity contribution in [3.63, 3.8) is 0 Å². The standard InChI is InChI=1S/C18H20ClN/c1-2-10-20-18(14-7-5-8-15(19)11-14)17-12-13-6-3-4-9-16(13)17/h3-9,11,17-18,20H,2,10,12H2,1H3. The minimum Gasteiger partial charge on any atom is -0.309 e. The molecule has 0 saturated carbocycles. The number of nitrogens with one attached hydrogen (secondary N) is 1. The topological polar surface area (TPSA) is 12.0 Å². The Morgan fingerprint density at radius 3 is 2.80 bits per heavy atom. The molecule has 1 N–H and O–H groups in total. The van der Waals surface area contributed by atoms with E-state index in [1.54, 1.807) is 0 Å². The van der Waals surface area contributed by atoms with Crippen LogP contribution in [0.15, 0.2) is 48.5 Å². The molecule has 2 unspecified atom stereocenters. The fourth-order valence-corrected chi connectivity index (χ4v) is 3.29. The Bertz CT molecular complexity index is 593. The molecule has 2 aromatic rings. The van der Waals surface area contributed by atoms with Crippen LogP contribution in [0.4, 0.5) is 0 Å². The van der Waals surface area contributed by atoms with Crippen molar-refractivity contribution in [3.8, 4) is 0 Å². The van der Waals surface area contributed by atoms with Gasteiger partial charge in [-0.25, -0.2) is 0 Å². The molecule has 2 atom stereocenters. The Hall–Kier alpha value is -1.31. The van der Waals surface area contributed by atoms with Crippen LogP contribution in [0.3, 0.4) is 0 Å². The quantitative estimate of drug-likeness (QED) is 0.838. The lowest BCUT2D eigenvalue weighted by atomic mass is 9.71. The van der Waals surface area contributed by atoms with Gasteiger partial charge in [0.15, 0.2) is 0 Å². The molecular formula is C18H20ClN. The van der Waals surface area contributed by atoms with Gasteiger partial charge in [-0.15, -0.1) is 0 Å². The van der Waals surface area contributed by atoms with E-state index in [4.69, 9.17) is 11.6 Å². The number of hydrogen-bond acceptors (Lipinski definition) is 1. The van der Waals surface area contributed by atoms with Gasteiger partial charge >= 0.3 is 0 Å². The van der Waals surface area contributed by atoms with Gasteiger partial charge in [0.05, 0.1) is 0 Å². The van der Waals surface area contributed by atoms with Crippen molar-refractivity contribution in [2.24, 2.45) is 0 Å². The molecule has 0 fully saturated rings. The first-order valence-electron chi connectivity index (χ1n) is 7.36. The lowest BCUT2D eigenvalue weighted by Crippen LogP contribution is -2.33. The summed E-state index contributed by atoms with van der Waals surface area (Å²) in [4.78, 5) is 0. The highest BCUT2D eigenvalue weighted by molar-refractivity contribution is 6.30. The second-order valence-electron chi connectivity index (χ2n) is 5.50. The van der Waals surface area contributed by atoms with E-state index in [0.717, 1.165) is 24.4 Å². The smallest absolute Gasteiger partial charge is 0.0409 e. The van der Waals surface area contributed by atoms with Gasteiger partial charge in [0, 0.05) is 17.0 Å². The number of hydrogen-bond donors (Lipinski definition) is 1. The molecular weight excluding hydrogens is 266 g/mol. The molecule has 0 radical (unpaired) electrons. The molecule has 0 aliphatic heterocycles. The maximum atomic E-state index is 6.16. The summed E-state index contributed by atoms with van der Waals surface area (Å²) >= 11 is 6.16. The van der Waals surface area contributed by atoms with Crippen LogP contribution in [-0.2, 0) is 6.42 Å². The lowest BCUT2D eigenvalue weighted by Gasteiger charge is -2.37. The maximum Gasteiger partial charge on any atom is 0.0409 e. The van der Waals surface area contributed by atoms with E-state index in [1.165, 1.54) is 16.7 Å². The Kier molecular flexibility index (Phi) is 4.09. The van der Waals surface area contributed by atoms with E-state index in [9.17, 15) is 0 Å². The van der Waals surface area contributed by atoms with Crippen molar-refractivity contribution >= 4 is 11.6 Å². The highest BCUT2D eigenvalue weighted by Gasteiger charge is 2.33. The maximum absolute atomic E-state index is 6.16. The average molecular weight is 286 g/mol. The van der Waals surface area contributed by atoms with Gasteiger partial charge in [-0.1, -0.05) is 54.9 Å². The molecule has 0 heterocycles. The number of rotatable bonds is 5. The lowest BCUT2D eigenvalue weighted by molar-refractivity contribution is 0.411. The molecule has 0 aromatic heterocycles. The van der Waals surface area contributed by atoms with E-state index >= 15 is 0 Å². The summed E-state index contributed by atoms with van der Waals surface area (Å²) in [5, 5.41) is 4.52. The molecule has 0 bridgehead atoms. The zero-order valence-electron chi connectivity index (χ0n) is 11.8. The monoisotopic (exact) mass is 285 g/mol. The van der Waals surface area contributed by atoms with Gasteiger partial charge in [-0.2, -0.15) is 0 Å². The Morgan fingerprint density at radius 1 is 1.20 bits per heavy atom. The van der Waals surface area contributed by atoms with Crippen molar-refractivity contribution in [3.05, 3.63) is 70.2 Å². The average Bonchev–Trinajstić information content (AvgIpc) is 2.44. The van der Waals surface area contributed by atoms with Crippen LogP contribution in [0.5, 0.6) is 0 Å². The van der Waals surface area contributed by atoms with Crippen LogP contribution in [0.25, 0.3) is 0 Å². The molecule has 0 saturated heterocycles. The van der Waals surface area contributed by atoms with Crippen molar-refractivity contribution in [1.82, 2.24) is 5.32 Å². The summed E-state index contributed by atoms with van der Waals surface area (Å²) in [5.74, 6) is 0.566. The van der Waals surface area contributed by atoms with Crippen LogP contribution >= 0.6 is 11.6 Å². The summed E-state index contributed by atoms with van der Waals surface area (Å²) in [6.07, 6.45) is 2.30. The Balaban J connectivity index is 1.88. The van der Waals surface area contributed by atoms with Gasteiger partial charge in [0.1, 0.15) is 0 Å². The van der Waals surface area contributed by atoms with E-state index in [1.807, 2.05) is 12.1 Å². The molecule has 3 rings (SSSR count). The molecule has 1 aliphatic rings. The summed E-state index contributed by atoms with van der Waals surface area (Å²) in [6.45, 7) is 3.24. The molecule has 20 heavy (non-hydrogen) atoms. The first-order valence-corrected chi connectivity index (χ1v) is 7.74. The summed E-state index contributed by atoms with van der Waals surface area (Å²) < 4.78 is 0. The Morgan fingerprint density at radius 2 is 2.05 bits per heavy atom. The molecule has 0 spiro atoms. The van der Waals surface area contributed by atoms with Crippen molar-refractivity contribution < 1.29 is 0 Å². The van der Waals surface area contributed by atoms with Crippen molar-refractivity contribution in [1.29, 1.82) is 0 Å². The van der Waals surface area contributed by atoms with Gasteiger partial charge in [0.25, 0.3) is 0 Å². The van der Waals surface area contributed by atoms with E-state index in [-0.39, 0.29) is 0 Å². The third kappa shape index (κ3) is 2.61. The van der Waals surface area contributed by atoms with Crippen LogP contribution in [-0.4, -0.2) is 6.54 Å². The van der Waals surface area contributed by atoms with Crippen molar-refractivity contribution in [2.75, 3.05) is 6.54 Å². The minimum atomic E-state index is 0.364. The first kappa shape index (κ1) is 13.7. The van der Waals surface area contributed by atoms with Gasteiger partial charge in [0.2, 0.25) is 0 Å². The summed E-state index contributed by atoms with van der Waals surface area (Å²) in [7, 11) is 0. The first-order chi connectivity index (χ1) is 9.79. The highest BCUT2D eigenvalue weighted by atomic mass is 35.5. The molecule has 1 nitrogen and oxygen atoms in total. The third-order valence-electron chi connectivity index (χ3n) is 4.12. The summed E-state index contributed by atoms with van der Waals surface area (Å²) in [6, 6.07) is 17.4. The van der Waals surface area contributed by atoms with E-state index < -0.39 is 0 Å². The van der Waals surface area contributed by atoms with Gasteiger partial charge < -0.3 is 5.32 Å². The number of halogens is 1. The molecule has 1 aliphatic carbocycles. The predicted molar refractivity (Wildman–Crippen MR) is 85.4 cm³/mol. The zero-order valence-corrected chi connectivity index (χ0v) is 12.5. The zero-order chi connectivity index (χ0) is 13.9. The minimum absolute atomic E-state index is 0.364. The molecule has 0 amide bonds. The van der Waals surface area contributed by atoms with Crippen LogP contribution in [0.2, 0.25) is 5.02 Å². The van der Waals surface area contributed by atoms with Crippen molar-refractivity contribution in [2.45, 2.75) is 31.7 Å². The summed E-state index contributed by atoms with van der Waals surface area (Å²) in [5.41, 5.74) is 4.27. The van der Waals surface area contributed by atoms with Crippen LogP contribution in [0.1, 0.15) is 42.0 Å². The fourth-order valence-electron chi connectivity index (χ4n) is 3.09. The van der Waals surface area contributed by atoms with Gasteiger partial charge in [-0.3, -0.25) is 0 Å². The largest absolute Gasteiger partial charge is 0.309 e. The number of fused-ring (bicyclic) bond motifs is 1. The molecule has 104 valence electrons. The normalized spacial score (nSPS) is 18.2. The Labute approximate surface area is 126 Å². The van der Waals surface area contributed by atoms with E-state index in [0.29, 0.717) is 12.0 Å². The third-order valence-corrected chi connectivity index (χ3v) is 4.35. The predicted octanol–water partition coefficient (Wildman–Crippen LogP) is 4.72. The van der Waals surface area contributed by atoms with E-state index in [2.05, 4.69) is 48.6 Å². The second kappa shape index (κ2) is 5.99. The number of benzene rings is 2. The van der Waals surface area contributed by atoms with Crippen LogP contribution < -0.4 is 5.32 Å². The van der Waals surface area contributed by atoms with Gasteiger partial charge in [-0.05, 0) is 48.2 Å². The fraction of sp³-hybridized carbons (Fsp3) is 0.333. The SMILES string of the molecule is CCCNC(c1cccc(Cl)c1)C1Cc2ccccc21. The second-order valence-corrected chi connectivity index (χ2v) is 5.93. The highest BCUT2D eigenvalue weighted by Crippen LogP contribution is 2.43. The molecule has 2 heteroatoms.